The van der Waals surface area contributed by atoms with E-state index in [2.05, 4.69) is 28.4 Å². The summed E-state index contributed by atoms with van der Waals surface area (Å²) >= 11 is 0. The van der Waals surface area contributed by atoms with Gasteiger partial charge in [0.1, 0.15) is 0 Å². The Labute approximate surface area is 167 Å². The van der Waals surface area contributed by atoms with E-state index in [1.54, 1.807) is 12.0 Å². The molecule has 0 saturated carbocycles. The van der Waals surface area contributed by atoms with Gasteiger partial charge in [0.05, 0.1) is 25.9 Å². The molecule has 0 unspecified atom stereocenters. The van der Waals surface area contributed by atoms with Crippen LogP contribution in [0.25, 0.3) is 0 Å². The Kier molecular flexibility index (Phi) is 7.28. The SMILES string of the molecule is COC[C@H](Cc1ccccc1)N(C)C(=O)Nc1cccc(N2CCOCC2)c1. The number of carbonyl (C=O) groups is 1. The average Bonchev–Trinajstić information content (AvgIpc) is 2.74. The molecule has 1 aliphatic rings. The Morgan fingerprint density at radius 3 is 2.64 bits per heavy atom. The van der Waals surface area contributed by atoms with Gasteiger partial charge in [-0.3, -0.25) is 0 Å². The number of nitrogens with one attached hydrogen (secondary N) is 1. The zero-order chi connectivity index (χ0) is 19.8. The van der Waals surface area contributed by atoms with Crippen LogP contribution in [0.3, 0.4) is 0 Å². The van der Waals surface area contributed by atoms with E-state index in [4.69, 9.17) is 9.47 Å². The van der Waals surface area contributed by atoms with Crippen LogP contribution < -0.4 is 10.2 Å². The molecule has 2 aromatic carbocycles. The molecular formula is C22H29N3O3. The maximum absolute atomic E-state index is 12.8. The molecule has 0 radical (unpaired) electrons. The van der Waals surface area contributed by atoms with Crippen LogP contribution in [0.4, 0.5) is 16.2 Å². The zero-order valence-electron chi connectivity index (χ0n) is 16.6. The third-order valence-corrected chi connectivity index (χ3v) is 5.01. The Hall–Kier alpha value is -2.57. The lowest BCUT2D eigenvalue weighted by atomic mass is 10.1. The van der Waals surface area contributed by atoms with Crippen LogP contribution >= 0.6 is 0 Å². The summed E-state index contributed by atoms with van der Waals surface area (Å²) in [5, 5.41) is 3.02. The minimum Gasteiger partial charge on any atom is -0.383 e. The summed E-state index contributed by atoms with van der Waals surface area (Å²) in [6.45, 7) is 3.68. The first-order valence-electron chi connectivity index (χ1n) is 9.67. The highest BCUT2D eigenvalue weighted by Gasteiger charge is 2.21. The summed E-state index contributed by atoms with van der Waals surface area (Å²) in [6, 6.07) is 17.9. The number of morpholine rings is 1. The number of rotatable bonds is 7. The highest BCUT2D eigenvalue weighted by atomic mass is 16.5. The predicted molar refractivity (Wildman–Crippen MR) is 112 cm³/mol. The van der Waals surface area contributed by atoms with Crippen molar-refractivity contribution in [1.82, 2.24) is 4.90 Å². The second kappa shape index (κ2) is 10.1. The van der Waals surface area contributed by atoms with Gasteiger partial charge < -0.3 is 24.6 Å². The maximum atomic E-state index is 12.8. The third kappa shape index (κ3) is 5.47. The molecule has 0 aromatic heterocycles. The lowest BCUT2D eigenvalue weighted by Crippen LogP contribution is -2.43. The smallest absolute Gasteiger partial charge is 0.321 e. The fraction of sp³-hybridized carbons (Fsp3) is 0.409. The lowest BCUT2D eigenvalue weighted by Gasteiger charge is -2.30. The molecule has 1 heterocycles. The van der Waals surface area contributed by atoms with E-state index < -0.39 is 0 Å². The van der Waals surface area contributed by atoms with Crippen LogP contribution in [0.2, 0.25) is 0 Å². The standard InChI is InChI=1S/C22H29N3O3/c1-24(21(17-27-2)15-18-7-4-3-5-8-18)22(26)23-19-9-6-10-20(16-19)25-11-13-28-14-12-25/h3-10,16,21H,11-15,17H2,1-2H3,(H,23,26)/t21-/m0/s1. The summed E-state index contributed by atoms with van der Waals surface area (Å²) in [7, 11) is 3.48. The molecule has 1 fully saturated rings. The number of benzene rings is 2. The van der Waals surface area contributed by atoms with Crippen LogP contribution in [0.15, 0.2) is 54.6 Å². The van der Waals surface area contributed by atoms with E-state index in [0.29, 0.717) is 6.61 Å². The van der Waals surface area contributed by atoms with Gasteiger partial charge in [0.2, 0.25) is 0 Å². The molecule has 0 spiro atoms. The van der Waals surface area contributed by atoms with Gasteiger partial charge in [-0.05, 0) is 30.2 Å². The Bertz CT molecular complexity index is 748. The molecule has 1 aliphatic heterocycles. The molecule has 6 heteroatoms. The first-order valence-corrected chi connectivity index (χ1v) is 9.67. The molecule has 6 nitrogen and oxygen atoms in total. The maximum Gasteiger partial charge on any atom is 0.321 e. The lowest BCUT2D eigenvalue weighted by molar-refractivity contribution is 0.120. The average molecular weight is 383 g/mol. The number of methoxy groups -OCH3 is 1. The Morgan fingerprint density at radius 2 is 1.93 bits per heavy atom. The summed E-state index contributed by atoms with van der Waals surface area (Å²) in [6.07, 6.45) is 0.742. The summed E-state index contributed by atoms with van der Waals surface area (Å²) in [4.78, 5) is 16.8. The van der Waals surface area contributed by atoms with Crippen molar-refractivity contribution < 1.29 is 14.3 Å². The van der Waals surface area contributed by atoms with Gasteiger partial charge in [0.15, 0.2) is 0 Å². The van der Waals surface area contributed by atoms with Gasteiger partial charge in [0.25, 0.3) is 0 Å². The van der Waals surface area contributed by atoms with Crippen LogP contribution in [0.1, 0.15) is 5.56 Å². The highest BCUT2D eigenvalue weighted by Crippen LogP contribution is 2.21. The topological polar surface area (TPSA) is 54.0 Å². The number of urea groups is 1. The fourth-order valence-corrected chi connectivity index (χ4v) is 3.37. The first kappa shape index (κ1) is 20.2. The van der Waals surface area contributed by atoms with E-state index in [9.17, 15) is 4.79 Å². The van der Waals surface area contributed by atoms with E-state index in [0.717, 1.165) is 44.1 Å². The molecule has 3 rings (SSSR count). The van der Waals surface area contributed by atoms with Crippen molar-refractivity contribution in [2.75, 3.05) is 57.3 Å². The van der Waals surface area contributed by atoms with E-state index in [1.807, 2.05) is 43.4 Å². The van der Waals surface area contributed by atoms with Gasteiger partial charge in [-0.1, -0.05) is 36.4 Å². The molecule has 1 atom stereocenters. The van der Waals surface area contributed by atoms with Crippen LogP contribution in [0, 0.1) is 0 Å². The van der Waals surface area contributed by atoms with Crippen molar-refractivity contribution in [3.8, 4) is 0 Å². The molecule has 0 aliphatic carbocycles. The summed E-state index contributed by atoms with van der Waals surface area (Å²) < 4.78 is 10.8. The van der Waals surface area contributed by atoms with Gasteiger partial charge >= 0.3 is 6.03 Å². The number of ether oxygens (including phenoxy) is 2. The number of hydrogen-bond acceptors (Lipinski definition) is 4. The number of nitrogens with zero attached hydrogens (tertiary/aromatic N) is 2. The molecule has 1 saturated heterocycles. The second-order valence-electron chi connectivity index (χ2n) is 6.99. The molecule has 150 valence electrons. The van der Waals surface area contributed by atoms with Crippen molar-refractivity contribution in [3.05, 3.63) is 60.2 Å². The highest BCUT2D eigenvalue weighted by molar-refractivity contribution is 5.90. The van der Waals surface area contributed by atoms with Gasteiger partial charge in [-0.25, -0.2) is 4.79 Å². The number of carbonyl (C=O) groups excluding carboxylic acids is 1. The molecule has 0 bridgehead atoms. The van der Waals surface area contributed by atoms with E-state index >= 15 is 0 Å². The van der Waals surface area contributed by atoms with Gasteiger partial charge in [-0.15, -0.1) is 0 Å². The minimum absolute atomic E-state index is 0.0465. The first-order chi connectivity index (χ1) is 13.7. The number of amides is 2. The minimum atomic E-state index is -0.142. The van der Waals surface area contributed by atoms with Crippen molar-refractivity contribution in [2.45, 2.75) is 12.5 Å². The second-order valence-corrected chi connectivity index (χ2v) is 6.99. The quantitative estimate of drug-likeness (QED) is 0.798. The molecule has 2 amide bonds. The van der Waals surface area contributed by atoms with Crippen molar-refractivity contribution >= 4 is 17.4 Å². The monoisotopic (exact) mass is 383 g/mol. The third-order valence-electron chi connectivity index (χ3n) is 5.01. The van der Waals surface area contributed by atoms with Crippen molar-refractivity contribution in [2.24, 2.45) is 0 Å². The van der Waals surface area contributed by atoms with Crippen LogP contribution in [-0.4, -0.2) is 64.0 Å². The van der Waals surface area contributed by atoms with Gasteiger partial charge in [-0.2, -0.15) is 0 Å². The fourth-order valence-electron chi connectivity index (χ4n) is 3.37. The van der Waals surface area contributed by atoms with Crippen LogP contribution in [0.5, 0.6) is 0 Å². The van der Waals surface area contributed by atoms with E-state index in [1.165, 1.54) is 5.56 Å². The normalized spacial score (nSPS) is 15.1. The molecule has 2 aromatic rings. The number of hydrogen-bond donors (Lipinski definition) is 1. The summed E-state index contributed by atoms with van der Waals surface area (Å²) in [5.41, 5.74) is 3.07. The Morgan fingerprint density at radius 1 is 1.18 bits per heavy atom. The number of anilines is 2. The predicted octanol–water partition coefficient (Wildman–Crippen LogP) is 3.24. The van der Waals surface area contributed by atoms with Crippen molar-refractivity contribution in [3.63, 3.8) is 0 Å². The summed E-state index contributed by atoms with van der Waals surface area (Å²) in [5.74, 6) is 0. The molecular weight excluding hydrogens is 354 g/mol. The van der Waals surface area contributed by atoms with Gasteiger partial charge in [0, 0.05) is 38.6 Å². The van der Waals surface area contributed by atoms with Crippen molar-refractivity contribution in [1.29, 1.82) is 0 Å². The number of likely N-dealkylation sites (N-methyl/N-ethyl adjacent to an activating group) is 1. The zero-order valence-corrected chi connectivity index (χ0v) is 16.6. The Balaban J connectivity index is 1.64. The van der Waals surface area contributed by atoms with E-state index in [-0.39, 0.29) is 12.1 Å². The largest absolute Gasteiger partial charge is 0.383 e. The molecule has 1 N–H and O–H groups in total. The molecule has 28 heavy (non-hydrogen) atoms. The van der Waals surface area contributed by atoms with Crippen LogP contribution in [-0.2, 0) is 15.9 Å².